The largest absolute Gasteiger partial charge is 0.481 e. The molecule has 0 bridgehead atoms. The minimum absolute atomic E-state index is 0.0171. The number of rotatable bonds is 2. The molecule has 0 spiro atoms. The molecular weight excluding hydrogens is 268 g/mol. The van der Waals surface area contributed by atoms with Gasteiger partial charge in [-0.05, 0) is 38.0 Å². The second-order valence-electron chi connectivity index (χ2n) is 5.65. The molecule has 0 saturated carbocycles. The zero-order valence-electron chi connectivity index (χ0n) is 11.9. The minimum atomic E-state index is -0.762. The van der Waals surface area contributed by atoms with E-state index in [4.69, 9.17) is 5.11 Å². The molecule has 1 saturated heterocycles. The van der Waals surface area contributed by atoms with Crippen LogP contribution < -0.4 is 0 Å². The van der Waals surface area contributed by atoms with Gasteiger partial charge < -0.3 is 15.0 Å². The lowest BCUT2D eigenvalue weighted by Crippen LogP contribution is -2.46. The lowest BCUT2D eigenvalue weighted by atomic mass is 9.91. The van der Waals surface area contributed by atoms with Crippen molar-refractivity contribution >= 4 is 22.8 Å². The van der Waals surface area contributed by atoms with Gasteiger partial charge in [-0.25, -0.2) is 0 Å². The summed E-state index contributed by atoms with van der Waals surface area (Å²) in [7, 11) is 0. The predicted octanol–water partition coefficient (Wildman–Crippen LogP) is 2.49. The molecule has 2 atom stereocenters. The fourth-order valence-corrected chi connectivity index (χ4v) is 3.12. The van der Waals surface area contributed by atoms with E-state index < -0.39 is 5.97 Å². The van der Waals surface area contributed by atoms with E-state index in [1.807, 2.05) is 37.4 Å². The fraction of sp³-hybridized carbons (Fsp3) is 0.375. The van der Waals surface area contributed by atoms with Crippen LogP contribution in [0.1, 0.15) is 30.1 Å². The maximum absolute atomic E-state index is 12.8. The molecule has 5 heteroatoms. The number of nitrogens with zero attached hydrogens (tertiary/aromatic N) is 1. The lowest BCUT2D eigenvalue weighted by Gasteiger charge is -2.36. The molecule has 110 valence electrons. The number of fused-ring (bicyclic) bond motifs is 1. The Kier molecular flexibility index (Phi) is 3.41. The zero-order chi connectivity index (χ0) is 15.0. The summed E-state index contributed by atoms with van der Waals surface area (Å²) < 4.78 is 0. The topological polar surface area (TPSA) is 73.4 Å². The normalized spacial score (nSPS) is 22.4. The number of piperidine rings is 1. The number of aromatic nitrogens is 1. The van der Waals surface area contributed by atoms with Crippen LogP contribution in [0, 0.1) is 5.92 Å². The van der Waals surface area contributed by atoms with Crippen molar-refractivity contribution in [2.24, 2.45) is 5.92 Å². The maximum Gasteiger partial charge on any atom is 0.306 e. The first kappa shape index (κ1) is 13.7. The molecule has 1 aromatic carbocycles. The molecule has 2 unspecified atom stereocenters. The van der Waals surface area contributed by atoms with Crippen LogP contribution in [0.25, 0.3) is 10.9 Å². The van der Waals surface area contributed by atoms with Crippen LogP contribution in [0.15, 0.2) is 30.5 Å². The van der Waals surface area contributed by atoms with Crippen molar-refractivity contribution in [3.63, 3.8) is 0 Å². The van der Waals surface area contributed by atoms with E-state index in [1.165, 1.54) is 0 Å². The van der Waals surface area contributed by atoms with Crippen molar-refractivity contribution in [1.82, 2.24) is 9.88 Å². The van der Waals surface area contributed by atoms with Crippen molar-refractivity contribution in [1.29, 1.82) is 0 Å². The highest BCUT2D eigenvalue weighted by Crippen LogP contribution is 2.26. The van der Waals surface area contributed by atoms with Gasteiger partial charge in [-0.1, -0.05) is 6.07 Å². The van der Waals surface area contributed by atoms with Crippen LogP contribution in [-0.4, -0.2) is 39.5 Å². The SMILES string of the molecule is CC1CC(C(=O)O)CCN1C(=O)c1cccc2[nH]ccc12. The van der Waals surface area contributed by atoms with Crippen molar-refractivity contribution in [2.45, 2.75) is 25.8 Å². The molecule has 0 radical (unpaired) electrons. The molecule has 2 aromatic rings. The number of carbonyl (C=O) groups excluding carboxylic acids is 1. The number of H-pyrrole nitrogens is 1. The molecule has 2 N–H and O–H groups in total. The van der Waals surface area contributed by atoms with E-state index in [9.17, 15) is 9.59 Å². The van der Waals surface area contributed by atoms with Crippen molar-refractivity contribution in [3.8, 4) is 0 Å². The number of carboxylic acids is 1. The van der Waals surface area contributed by atoms with Crippen molar-refractivity contribution < 1.29 is 14.7 Å². The third kappa shape index (κ3) is 2.39. The first-order valence-corrected chi connectivity index (χ1v) is 7.18. The molecule has 1 aliphatic heterocycles. The number of aliphatic carboxylic acids is 1. The smallest absolute Gasteiger partial charge is 0.306 e. The van der Waals surface area contributed by atoms with Crippen LogP contribution in [0.2, 0.25) is 0 Å². The van der Waals surface area contributed by atoms with Crippen molar-refractivity contribution in [2.75, 3.05) is 6.54 Å². The summed E-state index contributed by atoms with van der Waals surface area (Å²) in [5.74, 6) is -1.12. The number of hydrogen-bond acceptors (Lipinski definition) is 2. The van der Waals surface area contributed by atoms with Crippen LogP contribution >= 0.6 is 0 Å². The highest BCUT2D eigenvalue weighted by atomic mass is 16.4. The Hall–Kier alpha value is -2.30. The van der Waals surface area contributed by atoms with Crippen LogP contribution in [0.4, 0.5) is 0 Å². The van der Waals surface area contributed by atoms with Gasteiger partial charge in [0.2, 0.25) is 0 Å². The Morgan fingerprint density at radius 2 is 2.14 bits per heavy atom. The van der Waals surface area contributed by atoms with E-state index >= 15 is 0 Å². The van der Waals surface area contributed by atoms with Crippen LogP contribution in [0.5, 0.6) is 0 Å². The number of benzene rings is 1. The third-order valence-electron chi connectivity index (χ3n) is 4.31. The van der Waals surface area contributed by atoms with Gasteiger partial charge in [0.25, 0.3) is 5.91 Å². The van der Waals surface area contributed by atoms with E-state index in [-0.39, 0.29) is 17.9 Å². The quantitative estimate of drug-likeness (QED) is 0.890. The predicted molar refractivity (Wildman–Crippen MR) is 79.2 cm³/mol. The summed E-state index contributed by atoms with van der Waals surface area (Å²) in [6, 6.07) is 7.47. The third-order valence-corrected chi connectivity index (χ3v) is 4.31. The number of carboxylic acid groups (broad SMARTS) is 1. The van der Waals surface area contributed by atoms with Gasteiger partial charge in [-0.2, -0.15) is 0 Å². The number of amides is 1. The molecule has 1 fully saturated rings. The van der Waals surface area contributed by atoms with Crippen LogP contribution in [0.3, 0.4) is 0 Å². The van der Waals surface area contributed by atoms with E-state index in [0.29, 0.717) is 24.9 Å². The highest BCUT2D eigenvalue weighted by Gasteiger charge is 2.33. The van der Waals surface area contributed by atoms with E-state index in [1.54, 1.807) is 4.90 Å². The second kappa shape index (κ2) is 5.24. The standard InChI is InChI=1S/C16H18N2O3/c1-10-9-11(16(20)21)6-8-18(10)15(19)13-3-2-4-14-12(13)5-7-17-14/h2-5,7,10-11,17H,6,8-9H2,1H3,(H,20,21). The Morgan fingerprint density at radius 1 is 1.33 bits per heavy atom. The molecule has 1 aromatic heterocycles. The van der Waals surface area contributed by atoms with Gasteiger partial charge in [-0.15, -0.1) is 0 Å². The minimum Gasteiger partial charge on any atom is -0.481 e. The average Bonchev–Trinajstić information content (AvgIpc) is 2.94. The summed E-state index contributed by atoms with van der Waals surface area (Å²) >= 11 is 0. The number of hydrogen-bond donors (Lipinski definition) is 2. The highest BCUT2D eigenvalue weighted by molar-refractivity contribution is 6.06. The Labute approximate surface area is 122 Å². The first-order valence-electron chi connectivity index (χ1n) is 7.18. The number of nitrogens with one attached hydrogen (secondary N) is 1. The summed E-state index contributed by atoms with van der Waals surface area (Å²) in [6.45, 7) is 2.42. The number of aromatic amines is 1. The fourth-order valence-electron chi connectivity index (χ4n) is 3.12. The summed E-state index contributed by atoms with van der Waals surface area (Å²) in [4.78, 5) is 28.7. The Bertz CT molecular complexity index is 692. The van der Waals surface area contributed by atoms with Crippen molar-refractivity contribution in [3.05, 3.63) is 36.0 Å². The molecular formula is C16H18N2O3. The van der Waals surface area contributed by atoms with E-state index in [0.717, 1.165) is 10.9 Å². The molecule has 21 heavy (non-hydrogen) atoms. The second-order valence-corrected chi connectivity index (χ2v) is 5.65. The molecule has 3 rings (SSSR count). The summed E-state index contributed by atoms with van der Waals surface area (Å²) in [5, 5.41) is 10.0. The summed E-state index contributed by atoms with van der Waals surface area (Å²) in [5.41, 5.74) is 1.61. The van der Waals surface area contributed by atoms with E-state index in [2.05, 4.69) is 4.98 Å². The number of likely N-dealkylation sites (tertiary alicyclic amines) is 1. The number of carbonyl (C=O) groups is 2. The Balaban J connectivity index is 1.86. The summed E-state index contributed by atoms with van der Waals surface area (Å²) in [6.07, 6.45) is 2.86. The monoisotopic (exact) mass is 286 g/mol. The van der Waals surface area contributed by atoms with Crippen LogP contribution in [-0.2, 0) is 4.79 Å². The van der Waals surface area contributed by atoms with Gasteiger partial charge in [0.1, 0.15) is 0 Å². The molecule has 1 aliphatic rings. The van der Waals surface area contributed by atoms with Gasteiger partial charge >= 0.3 is 5.97 Å². The molecule has 5 nitrogen and oxygen atoms in total. The maximum atomic E-state index is 12.8. The first-order chi connectivity index (χ1) is 10.1. The molecule has 0 aliphatic carbocycles. The molecule has 1 amide bonds. The molecule has 2 heterocycles. The van der Waals surface area contributed by atoms with Gasteiger partial charge in [0, 0.05) is 35.2 Å². The lowest BCUT2D eigenvalue weighted by molar-refractivity contribution is -0.143. The van der Waals surface area contributed by atoms with Gasteiger partial charge in [-0.3, -0.25) is 9.59 Å². The van der Waals surface area contributed by atoms with Gasteiger partial charge in [0.05, 0.1) is 5.92 Å². The average molecular weight is 286 g/mol. The Morgan fingerprint density at radius 3 is 2.86 bits per heavy atom. The zero-order valence-corrected chi connectivity index (χ0v) is 11.9. The van der Waals surface area contributed by atoms with Gasteiger partial charge in [0.15, 0.2) is 0 Å².